The largest absolute Gasteiger partial charge is 0.319 e. The Kier molecular flexibility index (Phi) is 2.28. The number of hydrogen-bond acceptors (Lipinski definition) is 4. The SMILES string of the molecule is CNCCc1cnc2c(=O)[nH]cnn12. The Morgan fingerprint density at radius 3 is 3.29 bits per heavy atom. The molecule has 2 heterocycles. The third-order valence-electron chi connectivity index (χ3n) is 2.01. The van der Waals surface area contributed by atoms with Crippen LogP contribution in [0, 0.1) is 0 Å². The molecule has 2 aromatic rings. The average Bonchev–Trinajstić information content (AvgIpc) is 2.60. The number of fused-ring (bicyclic) bond motifs is 1. The Bertz CT molecular complexity index is 486. The highest BCUT2D eigenvalue weighted by Gasteiger charge is 2.05. The quantitative estimate of drug-likeness (QED) is 0.667. The highest BCUT2D eigenvalue weighted by molar-refractivity contribution is 5.35. The fraction of sp³-hybridized carbons (Fsp3) is 0.375. The van der Waals surface area contributed by atoms with Crippen molar-refractivity contribution in [1.82, 2.24) is 24.9 Å². The number of aromatic nitrogens is 4. The second kappa shape index (κ2) is 3.59. The summed E-state index contributed by atoms with van der Waals surface area (Å²) in [5.74, 6) is 0. The molecule has 14 heavy (non-hydrogen) atoms. The predicted octanol–water partition coefficient (Wildman–Crippen LogP) is -0.820. The van der Waals surface area contributed by atoms with Crippen molar-refractivity contribution in [3.63, 3.8) is 0 Å². The number of imidazole rings is 1. The van der Waals surface area contributed by atoms with Gasteiger partial charge in [-0.15, -0.1) is 0 Å². The summed E-state index contributed by atoms with van der Waals surface area (Å²) in [7, 11) is 1.88. The monoisotopic (exact) mass is 193 g/mol. The first-order valence-corrected chi connectivity index (χ1v) is 4.38. The van der Waals surface area contributed by atoms with E-state index in [1.807, 2.05) is 7.05 Å². The van der Waals surface area contributed by atoms with E-state index in [4.69, 9.17) is 0 Å². The van der Waals surface area contributed by atoms with Gasteiger partial charge in [0.05, 0.1) is 11.9 Å². The molecule has 0 saturated carbocycles. The van der Waals surface area contributed by atoms with Gasteiger partial charge in [-0.3, -0.25) is 4.79 Å². The van der Waals surface area contributed by atoms with E-state index in [0.717, 1.165) is 18.7 Å². The van der Waals surface area contributed by atoms with Gasteiger partial charge < -0.3 is 10.3 Å². The van der Waals surface area contributed by atoms with Crippen LogP contribution in [0.25, 0.3) is 5.65 Å². The van der Waals surface area contributed by atoms with Gasteiger partial charge in [0.25, 0.3) is 5.56 Å². The van der Waals surface area contributed by atoms with Crippen molar-refractivity contribution in [2.75, 3.05) is 13.6 Å². The summed E-state index contributed by atoms with van der Waals surface area (Å²) in [6.45, 7) is 0.836. The molecule has 0 radical (unpaired) electrons. The molecule has 0 atom stereocenters. The summed E-state index contributed by atoms with van der Waals surface area (Å²) in [6, 6.07) is 0. The minimum atomic E-state index is -0.212. The van der Waals surface area contributed by atoms with Crippen molar-refractivity contribution in [1.29, 1.82) is 0 Å². The van der Waals surface area contributed by atoms with E-state index in [1.54, 1.807) is 10.7 Å². The molecule has 0 aromatic carbocycles. The maximum Gasteiger partial charge on any atom is 0.294 e. The number of likely N-dealkylation sites (N-methyl/N-ethyl adjacent to an activating group) is 1. The summed E-state index contributed by atoms with van der Waals surface area (Å²) in [6.07, 6.45) is 3.85. The van der Waals surface area contributed by atoms with Gasteiger partial charge in [0.2, 0.25) is 5.65 Å². The Morgan fingerprint density at radius 1 is 1.64 bits per heavy atom. The lowest BCUT2D eigenvalue weighted by Crippen LogP contribution is -2.15. The lowest BCUT2D eigenvalue weighted by Gasteiger charge is -1.98. The van der Waals surface area contributed by atoms with E-state index < -0.39 is 0 Å². The van der Waals surface area contributed by atoms with Gasteiger partial charge in [-0.2, -0.15) is 5.10 Å². The van der Waals surface area contributed by atoms with Crippen LogP contribution in [0.5, 0.6) is 0 Å². The maximum atomic E-state index is 11.3. The summed E-state index contributed by atoms with van der Waals surface area (Å²) in [5, 5.41) is 7.06. The molecule has 2 rings (SSSR count). The molecule has 0 fully saturated rings. The lowest BCUT2D eigenvalue weighted by atomic mass is 10.3. The maximum absolute atomic E-state index is 11.3. The zero-order chi connectivity index (χ0) is 9.97. The minimum Gasteiger partial charge on any atom is -0.319 e. The van der Waals surface area contributed by atoms with Gasteiger partial charge in [0.15, 0.2) is 0 Å². The van der Waals surface area contributed by atoms with Gasteiger partial charge >= 0.3 is 0 Å². The molecule has 6 nitrogen and oxygen atoms in total. The van der Waals surface area contributed by atoms with Crippen molar-refractivity contribution in [2.45, 2.75) is 6.42 Å². The van der Waals surface area contributed by atoms with Gasteiger partial charge in [0, 0.05) is 13.0 Å². The molecule has 0 amide bonds. The van der Waals surface area contributed by atoms with E-state index in [1.165, 1.54) is 6.33 Å². The van der Waals surface area contributed by atoms with Gasteiger partial charge in [-0.1, -0.05) is 0 Å². The van der Waals surface area contributed by atoms with Crippen LogP contribution in [0.15, 0.2) is 17.3 Å². The standard InChI is InChI=1S/C8H11N5O/c1-9-3-2-6-4-10-7-8(14)11-5-12-13(6)7/h4-5,9H,2-3H2,1H3,(H,11,12,14). The van der Waals surface area contributed by atoms with Crippen LogP contribution in [0.2, 0.25) is 0 Å². The average molecular weight is 193 g/mol. The van der Waals surface area contributed by atoms with Crippen molar-refractivity contribution in [2.24, 2.45) is 0 Å². The zero-order valence-electron chi connectivity index (χ0n) is 7.82. The normalized spacial score (nSPS) is 10.9. The third-order valence-corrected chi connectivity index (χ3v) is 2.01. The fourth-order valence-corrected chi connectivity index (χ4v) is 1.30. The summed E-state index contributed by atoms with van der Waals surface area (Å²) >= 11 is 0. The lowest BCUT2D eigenvalue weighted by molar-refractivity contribution is 0.742. The molecule has 0 aliphatic rings. The van der Waals surface area contributed by atoms with Crippen LogP contribution >= 0.6 is 0 Å². The van der Waals surface area contributed by atoms with Gasteiger partial charge in [-0.05, 0) is 7.05 Å². The minimum absolute atomic E-state index is 0.212. The second-order valence-electron chi connectivity index (χ2n) is 2.96. The zero-order valence-corrected chi connectivity index (χ0v) is 7.82. The number of nitrogens with one attached hydrogen (secondary N) is 2. The Morgan fingerprint density at radius 2 is 2.50 bits per heavy atom. The molecular weight excluding hydrogens is 182 g/mol. The highest BCUT2D eigenvalue weighted by atomic mass is 16.1. The summed E-state index contributed by atoms with van der Waals surface area (Å²) in [5.41, 5.74) is 1.06. The highest BCUT2D eigenvalue weighted by Crippen LogP contribution is 1.99. The second-order valence-corrected chi connectivity index (χ2v) is 2.96. The van der Waals surface area contributed by atoms with Crippen LogP contribution in [0.4, 0.5) is 0 Å². The number of hydrogen-bond donors (Lipinski definition) is 2. The Balaban J connectivity index is 2.47. The number of nitrogens with zero attached hydrogens (tertiary/aromatic N) is 3. The number of rotatable bonds is 3. The summed E-state index contributed by atoms with van der Waals surface area (Å²) < 4.78 is 1.57. The first kappa shape index (κ1) is 8.89. The number of H-pyrrole nitrogens is 1. The molecule has 0 aliphatic heterocycles. The Labute approximate surface area is 80.0 Å². The molecule has 6 heteroatoms. The van der Waals surface area contributed by atoms with Crippen molar-refractivity contribution in [3.05, 3.63) is 28.6 Å². The van der Waals surface area contributed by atoms with Gasteiger partial charge in [-0.25, -0.2) is 9.50 Å². The van der Waals surface area contributed by atoms with Crippen LogP contribution < -0.4 is 10.9 Å². The first-order valence-electron chi connectivity index (χ1n) is 4.38. The molecule has 0 spiro atoms. The van der Waals surface area contributed by atoms with Crippen molar-refractivity contribution in [3.8, 4) is 0 Å². The topological polar surface area (TPSA) is 75.1 Å². The number of aromatic amines is 1. The molecule has 0 saturated heterocycles. The molecule has 2 N–H and O–H groups in total. The smallest absolute Gasteiger partial charge is 0.294 e. The first-order chi connectivity index (χ1) is 6.83. The van der Waals surface area contributed by atoms with Gasteiger partial charge in [0.1, 0.15) is 6.33 Å². The molecule has 0 aliphatic carbocycles. The van der Waals surface area contributed by atoms with Crippen LogP contribution in [0.3, 0.4) is 0 Å². The van der Waals surface area contributed by atoms with E-state index in [-0.39, 0.29) is 5.56 Å². The van der Waals surface area contributed by atoms with Crippen LogP contribution in [0.1, 0.15) is 5.69 Å². The summed E-state index contributed by atoms with van der Waals surface area (Å²) in [4.78, 5) is 17.7. The Hall–Kier alpha value is -1.69. The van der Waals surface area contributed by atoms with E-state index in [9.17, 15) is 4.79 Å². The fourth-order valence-electron chi connectivity index (χ4n) is 1.30. The van der Waals surface area contributed by atoms with Crippen molar-refractivity contribution >= 4 is 5.65 Å². The van der Waals surface area contributed by atoms with Crippen LogP contribution in [-0.4, -0.2) is 33.2 Å². The van der Waals surface area contributed by atoms with Crippen LogP contribution in [-0.2, 0) is 6.42 Å². The predicted molar refractivity (Wildman–Crippen MR) is 51.2 cm³/mol. The molecular formula is C8H11N5O. The third kappa shape index (κ3) is 1.39. The van der Waals surface area contributed by atoms with E-state index in [2.05, 4.69) is 20.4 Å². The molecule has 0 unspecified atom stereocenters. The molecule has 74 valence electrons. The molecule has 2 aromatic heterocycles. The van der Waals surface area contributed by atoms with E-state index in [0.29, 0.717) is 5.65 Å². The van der Waals surface area contributed by atoms with Crippen molar-refractivity contribution < 1.29 is 0 Å². The molecule has 0 bridgehead atoms. The van der Waals surface area contributed by atoms with E-state index >= 15 is 0 Å².